The second-order valence-electron chi connectivity index (χ2n) is 4.07. The zero-order chi connectivity index (χ0) is 13.1. The molecule has 0 aliphatic carbocycles. The third-order valence-corrected chi connectivity index (χ3v) is 2.66. The van der Waals surface area contributed by atoms with Crippen LogP contribution in [0.5, 0.6) is 0 Å². The van der Waals surface area contributed by atoms with Crippen LogP contribution in [0.4, 0.5) is 0 Å². The van der Waals surface area contributed by atoms with Crippen molar-refractivity contribution in [2.24, 2.45) is 5.73 Å². The van der Waals surface area contributed by atoms with Crippen LogP contribution >= 0.6 is 0 Å². The third kappa shape index (κ3) is 2.57. The first-order valence-electron chi connectivity index (χ1n) is 5.61. The number of hydrogen-bond acceptors (Lipinski definition) is 4. The minimum atomic E-state index is -0.619. The van der Waals surface area contributed by atoms with Crippen molar-refractivity contribution in [1.29, 1.82) is 0 Å². The number of carbonyl (C=O) groups excluding carboxylic acids is 2. The predicted octanol–water partition coefficient (Wildman–Crippen LogP) is 1.65. The van der Waals surface area contributed by atoms with Crippen LogP contribution in [-0.4, -0.2) is 16.9 Å². The van der Waals surface area contributed by atoms with E-state index in [1.54, 1.807) is 6.20 Å². The largest absolute Gasteiger partial charge is 0.393 e. The molecule has 18 heavy (non-hydrogen) atoms. The zero-order valence-corrected chi connectivity index (χ0v) is 9.97. The van der Waals surface area contributed by atoms with Crippen LogP contribution < -0.4 is 5.73 Å². The van der Waals surface area contributed by atoms with E-state index >= 15 is 0 Å². The molecule has 0 bridgehead atoms. The Hall–Kier alpha value is -2.14. The van der Waals surface area contributed by atoms with Gasteiger partial charge in [-0.25, -0.2) is 0 Å². The molecule has 0 saturated carbocycles. The van der Waals surface area contributed by atoms with Crippen LogP contribution in [0.1, 0.15) is 24.9 Å². The maximum atomic E-state index is 11.4. The molecule has 1 aromatic heterocycles. The summed E-state index contributed by atoms with van der Waals surface area (Å²) >= 11 is 0. The highest BCUT2D eigenvalue weighted by Gasteiger charge is 2.17. The highest BCUT2D eigenvalue weighted by Crippen LogP contribution is 2.24. The number of hydrogen-bond donors (Lipinski definition) is 2. The number of ether oxygens (including phenoxy) is 1. The third-order valence-electron chi connectivity index (χ3n) is 2.66. The van der Waals surface area contributed by atoms with Crippen molar-refractivity contribution in [3.8, 4) is 0 Å². The number of aromatic amines is 1. The molecule has 5 nitrogen and oxygen atoms in total. The minimum Gasteiger partial charge on any atom is -0.393 e. The smallest absolute Gasteiger partial charge is 0.315 e. The fourth-order valence-electron chi connectivity index (χ4n) is 1.89. The van der Waals surface area contributed by atoms with Gasteiger partial charge < -0.3 is 15.5 Å². The van der Waals surface area contributed by atoms with E-state index in [1.807, 2.05) is 24.3 Å². The molecule has 0 saturated heterocycles. The van der Waals surface area contributed by atoms with E-state index in [-0.39, 0.29) is 6.42 Å². The van der Waals surface area contributed by atoms with Crippen LogP contribution in [0.25, 0.3) is 10.9 Å². The van der Waals surface area contributed by atoms with Crippen LogP contribution in [0.3, 0.4) is 0 Å². The number of fused-ring (bicyclic) bond motifs is 1. The summed E-state index contributed by atoms with van der Waals surface area (Å²) in [6.45, 7) is 1.19. The molecule has 1 aromatic carbocycles. The van der Waals surface area contributed by atoms with Gasteiger partial charge in [0.15, 0.2) is 0 Å². The summed E-state index contributed by atoms with van der Waals surface area (Å²) in [5.41, 5.74) is 7.75. The second-order valence-corrected chi connectivity index (χ2v) is 4.07. The van der Waals surface area contributed by atoms with E-state index in [0.717, 1.165) is 16.5 Å². The molecule has 1 atom stereocenters. The van der Waals surface area contributed by atoms with E-state index in [1.165, 1.54) is 6.92 Å². The second kappa shape index (κ2) is 5.01. The van der Waals surface area contributed by atoms with Gasteiger partial charge >= 0.3 is 11.9 Å². The standard InChI is InChI=1S/C13H14N2O3/c1-8(16)18-13(17)6-11(14)10-7-15-12-5-3-2-4-9(10)12/h2-5,7,11,15H,6,14H2,1H3/t11-/m1/s1. The van der Waals surface area contributed by atoms with Gasteiger partial charge in [-0.05, 0) is 11.6 Å². The Labute approximate surface area is 104 Å². The maximum absolute atomic E-state index is 11.4. The molecule has 0 unspecified atom stereocenters. The zero-order valence-electron chi connectivity index (χ0n) is 9.97. The molecule has 0 amide bonds. The fourth-order valence-corrected chi connectivity index (χ4v) is 1.89. The summed E-state index contributed by atoms with van der Waals surface area (Å²) < 4.78 is 4.46. The van der Waals surface area contributed by atoms with Gasteiger partial charge in [0, 0.05) is 30.1 Å². The summed E-state index contributed by atoms with van der Waals surface area (Å²) in [6.07, 6.45) is 1.75. The lowest BCUT2D eigenvalue weighted by Crippen LogP contribution is -2.18. The van der Waals surface area contributed by atoms with Crippen LogP contribution in [0.15, 0.2) is 30.5 Å². The lowest BCUT2D eigenvalue weighted by Gasteiger charge is -2.09. The van der Waals surface area contributed by atoms with Gasteiger partial charge in [0.25, 0.3) is 0 Å². The Balaban J connectivity index is 2.16. The van der Waals surface area contributed by atoms with E-state index in [4.69, 9.17) is 5.73 Å². The number of para-hydroxylation sites is 1. The first kappa shape index (κ1) is 12.3. The van der Waals surface area contributed by atoms with E-state index < -0.39 is 18.0 Å². The van der Waals surface area contributed by atoms with Gasteiger partial charge in [-0.15, -0.1) is 0 Å². The van der Waals surface area contributed by atoms with Gasteiger partial charge in [-0.2, -0.15) is 0 Å². The van der Waals surface area contributed by atoms with Crippen molar-refractivity contribution < 1.29 is 14.3 Å². The summed E-state index contributed by atoms with van der Waals surface area (Å²) in [5, 5.41) is 0.973. The van der Waals surface area contributed by atoms with Gasteiger partial charge in [0.2, 0.25) is 0 Å². The summed E-state index contributed by atoms with van der Waals surface area (Å²) in [7, 11) is 0. The van der Waals surface area contributed by atoms with Crippen molar-refractivity contribution in [3.05, 3.63) is 36.0 Å². The molecule has 5 heteroatoms. The molecule has 0 aliphatic rings. The SMILES string of the molecule is CC(=O)OC(=O)C[C@@H](N)c1c[nH]c2ccccc12. The summed E-state index contributed by atoms with van der Waals surface area (Å²) in [6, 6.07) is 7.18. The van der Waals surface area contributed by atoms with Gasteiger partial charge in [-0.3, -0.25) is 9.59 Å². The molecule has 0 fully saturated rings. The van der Waals surface area contributed by atoms with E-state index in [9.17, 15) is 9.59 Å². The van der Waals surface area contributed by atoms with Crippen LogP contribution in [0.2, 0.25) is 0 Å². The average molecular weight is 246 g/mol. The number of H-pyrrole nitrogens is 1. The molecular weight excluding hydrogens is 232 g/mol. The molecule has 0 radical (unpaired) electrons. The predicted molar refractivity (Wildman–Crippen MR) is 66.6 cm³/mol. The topological polar surface area (TPSA) is 85.2 Å². The summed E-state index contributed by atoms with van der Waals surface area (Å²) in [5.74, 6) is -1.23. The van der Waals surface area contributed by atoms with Gasteiger partial charge in [0.05, 0.1) is 6.42 Å². The quantitative estimate of drug-likeness (QED) is 0.637. The Morgan fingerprint density at radius 2 is 2.11 bits per heavy atom. The van der Waals surface area contributed by atoms with Crippen molar-refractivity contribution in [2.45, 2.75) is 19.4 Å². The number of esters is 2. The Morgan fingerprint density at radius 1 is 1.39 bits per heavy atom. The van der Waals surface area contributed by atoms with Crippen molar-refractivity contribution in [3.63, 3.8) is 0 Å². The number of nitrogens with one attached hydrogen (secondary N) is 1. The number of nitrogens with two attached hydrogens (primary N) is 1. The van der Waals surface area contributed by atoms with Gasteiger partial charge in [-0.1, -0.05) is 18.2 Å². The van der Waals surface area contributed by atoms with Crippen LogP contribution in [0, 0.1) is 0 Å². The van der Waals surface area contributed by atoms with Crippen molar-refractivity contribution >= 4 is 22.8 Å². The van der Waals surface area contributed by atoms with Crippen LogP contribution in [-0.2, 0) is 14.3 Å². The number of benzene rings is 1. The normalized spacial score (nSPS) is 12.3. The van der Waals surface area contributed by atoms with E-state index in [2.05, 4.69) is 9.72 Å². The van der Waals surface area contributed by atoms with E-state index in [0.29, 0.717) is 0 Å². The monoisotopic (exact) mass is 246 g/mol. The fraction of sp³-hybridized carbons (Fsp3) is 0.231. The van der Waals surface area contributed by atoms with Crippen molar-refractivity contribution in [2.75, 3.05) is 0 Å². The highest BCUT2D eigenvalue weighted by atomic mass is 16.6. The molecule has 0 spiro atoms. The molecule has 2 aromatic rings. The molecule has 3 N–H and O–H groups in total. The molecule has 0 aliphatic heterocycles. The minimum absolute atomic E-state index is 0.0264. The molecule has 1 heterocycles. The summed E-state index contributed by atoms with van der Waals surface area (Å²) in [4.78, 5) is 25.1. The lowest BCUT2D eigenvalue weighted by atomic mass is 10.0. The first-order chi connectivity index (χ1) is 8.58. The lowest BCUT2D eigenvalue weighted by molar-refractivity contribution is -0.158. The Bertz CT molecular complexity index is 589. The van der Waals surface area contributed by atoms with Gasteiger partial charge in [0.1, 0.15) is 0 Å². The Morgan fingerprint density at radius 3 is 2.83 bits per heavy atom. The first-order valence-corrected chi connectivity index (χ1v) is 5.61. The number of rotatable bonds is 3. The average Bonchev–Trinajstić information content (AvgIpc) is 2.71. The van der Waals surface area contributed by atoms with Crippen molar-refractivity contribution in [1.82, 2.24) is 4.98 Å². The molecule has 2 rings (SSSR count). The highest BCUT2D eigenvalue weighted by molar-refractivity contribution is 5.86. The molecular formula is C13H14N2O3. The number of carbonyl (C=O) groups is 2. The maximum Gasteiger partial charge on any atom is 0.315 e. The molecule has 94 valence electrons. The Kier molecular flexibility index (Phi) is 3.43. The number of aromatic nitrogens is 1.